The van der Waals surface area contributed by atoms with E-state index in [2.05, 4.69) is 0 Å². The molecule has 1 saturated heterocycles. The van der Waals surface area contributed by atoms with Crippen LogP contribution in [0.5, 0.6) is 0 Å². The molecule has 18 heavy (non-hydrogen) atoms. The van der Waals surface area contributed by atoms with Crippen LogP contribution in [0.25, 0.3) is 0 Å². The minimum absolute atomic E-state index is 0.249. The maximum atomic E-state index is 13.7. The Morgan fingerprint density at radius 1 is 1.28 bits per heavy atom. The Hall–Kier alpha value is -0.790. The third-order valence-corrected chi connectivity index (χ3v) is 5.72. The molecule has 0 saturated carbocycles. The molecule has 1 aliphatic heterocycles. The average Bonchev–Trinajstić information content (AvgIpc) is 2.61. The maximum Gasteiger partial charge on any atom is 0.246 e. The maximum absolute atomic E-state index is 13.7. The van der Waals surface area contributed by atoms with Crippen molar-refractivity contribution in [3.8, 4) is 0 Å². The lowest BCUT2D eigenvalue weighted by atomic mass is 10.3. The number of thioether (sulfide) groups is 1. The molecule has 1 fully saturated rings. The molecule has 0 aliphatic carbocycles. The Kier molecular flexibility index (Phi) is 4.14. The van der Waals surface area contributed by atoms with E-state index in [4.69, 9.17) is 5.73 Å². The van der Waals surface area contributed by atoms with E-state index in [0.717, 1.165) is 24.0 Å². The van der Waals surface area contributed by atoms with Crippen LogP contribution >= 0.6 is 11.8 Å². The van der Waals surface area contributed by atoms with E-state index in [9.17, 15) is 12.8 Å². The lowest BCUT2D eigenvalue weighted by molar-refractivity contribution is 0.430. The van der Waals surface area contributed by atoms with Crippen molar-refractivity contribution in [3.05, 3.63) is 24.0 Å². The Labute approximate surface area is 110 Å². The normalized spacial score (nSPS) is 18.5. The van der Waals surface area contributed by atoms with E-state index >= 15 is 0 Å². The molecule has 2 N–H and O–H groups in total. The van der Waals surface area contributed by atoms with Crippen LogP contribution in [0.2, 0.25) is 0 Å². The number of hydrogen-bond donors (Lipinski definition) is 1. The van der Waals surface area contributed by atoms with E-state index in [-0.39, 0.29) is 10.6 Å². The summed E-state index contributed by atoms with van der Waals surface area (Å²) in [7, 11) is -3.77. The van der Waals surface area contributed by atoms with Crippen molar-refractivity contribution in [1.29, 1.82) is 0 Å². The number of rotatable bonds is 2. The van der Waals surface area contributed by atoms with Gasteiger partial charge in [-0.25, -0.2) is 12.8 Å². The minimum atomic E-state index is -3.77. The van der Waals surface area contributed by atoms with Crippen LogP contribution in [0.15, 0.2) is 23.1 Å². The van der Waals surface area contributed by atoms with Crippen molar-refractivity contribution in [3.63, 3.8) is 0 Å². The molecule has 0 unspecified atom stereocenters. The van der Waals surface area contributed by atoms with Crippen molar-refractivity contribution in [2.45, 2.75) is 11.3 Å². The molecule has 0 spiro atoms. The lowest BCUT2D eigenvalue weighted by Gasteiger charge is -2.20. The van der Waals surface area contributed by atoms with Gasteiger partial charge in [-0.2, -0.15) is 16.1 Å². The van der Waals surface area contributed by atoms with Crippen LogP contribution in [0.1, 0.15) is 6.42 Å². The van der Waals surface area contributed by atoms with Gasteiger partial charge in [0.2, 0.25) is 10.0 Å². The van der Waals surface area contributed by atoms with Crippen molar-refractivity contribution in [2.75, 3.05) is 30.3 Å². The van der Waals surface area contributed by atoms with Crippen LogP contribution in [0.4, 0.5) is 10.1 Å². The molecular weight excluding hydrogens is 275 g/mol. The van der Waals surface area contributed by atoms with Gasteiger partial charge in [0.1, 0.15) is 10.7 Å². The second kappa shape index (κ2) is 5.46. The van der Waals surface area contributed by atoms with Crippen LogP contribution in [0.3, 0.4) is 0 Å². The summed E-state index contributed by atoms with van der Waals surface area (Å²) in [5.74, 6) is 0.926. The SMILES string of the molecule is Nc1ccc(F)c(S(=O)(=O)N2CCCSCC2)c1. The van der Waals surface area contributed by atoms with Crippen LogP contribution < -0.4 is 5.73 Å². The number of benzene rings is 1. The fourth-order valence-corrected chi connectivity index (χ4v) is 4.40. The first kappa shape index (κ1) is 13.6. The second-order valence-corrected chi connectivity index (χ2v) is 7.19. The highest BCUT2D eigenvalue weighted by atomic mass is 32.2. The monoisotopic (exact) mass is 290 g/mol. The van der Waals surface area contributed by atoms with Gasteiger partial charge in [-0.3, -0.25) is 0 Å². The molecule has 2 rings (SSSR count). The lowest BCUT2D eigenvalue weighted by Crippen LogP contribution is -2.33. The van der Waals surface area contributed by atoms with Gasteiger partial charge in [0, 0.05) is 24.5 Å². The summed E-state index contributed by atoms with van der Waals surface area (Å²) in [4.78, 5) is -0.325. The van der Waals surface area contributed by atoms with Gasteiger partial charge in [-0.05, 0) is 30.4 Å². The number of anilines is 1. The summed E-state index contributed by atoms with van der Waals surface area (Å²) < 4.78 is 39.7. The molecule has 0 amide bonds. The predicted molar refractivity (Wildman–Crippen MR) is 71.5 cm³/mol. The Balaban J connectivity index is 2.37. The summed E-state index contributed by atoms with van der Waals surface area (Å²) in [5.41, 5.74) is 5.78. The fraction of sp³-hybridized carbons (Fsp3) is 0.455. The quantitative estimate of drug-likeness (QED) is 0.839. The summed E-state index contributed by atoms with van der Waals surface area (Å²) in [6.45, 7) is 0.852. The summed E-state index contributed by atoms with van der Waals surface area (Å²) in [5, 5.41) is 0. The van der Waals surface area contributed by atoms with Crippen LogP contribution in [0, 0.1) is 5.82 Å². The van der Waals surface area contributed by atoms with Gasteiger partial charge >= 0.3 is 0 Å². The topological polar surface area (TPSA) is 63.4 Å². The first-order valence-corrected chi connectivity index (χ1v) is 8.24. The largest absolute Gasteiger partial charge is 0.399 e. The van der Waals surface area contributed by atoms with Crippen molar-refractivity contribution < 1.29 is 12.8 Å². The third kappa shape index (κ3) is 2.78. The van der Waals surface area contributed by atoms with E-state index in [1.165, 1.54) is 16.4 Å². The van der Waals surface area contributed by atoms with Gasteiger partial charge < -0.3 is 5.73 Å². The number of hydrogen-bond acceptors (Lipinski definition) is 4. The Bertz CT molecular complexity index is 526. The van der Waals surface area contributed by atoms with Crippen molar-refractivity contribution in [1.82, 2.24) is 4.31 Å². The standard InChI is InChI=1S/C11H15FN2O2S2/c12-10-3-2-9(13)8-11(10)18(15,16)14-4-1-6-17-7-5-14/h2-3,8H,1,4-7,13H2. The van der Waals surface area contributed by atoms with E-state index in [1.807, 2.05) is 0 Å². The molecular formula is C11H15FN2O2S2. The molecule has 1 heterocycles. The molecule has 0 aromatic heterocycles. The fourth-order valence-electron chi connectivity index (χ4n) is 1.82. The molecule has 100 valence electrons. The highest BCUT2D eigenvalue weighted by molar-refractivity contribution is 7.99. The average molecular weight is 290 g/mol. The van der Waals surface area contributed by atoms with Crippen molar-refractivity contribution in [2.24, 2.45) is 0 Å². The highest BCUT2D eigenvalue weighted by Crippen LogP contribution is 2.23. The number of nitrogens with zero attached hydrogens (tertiary/aromatic N) is 1. The Morgan fingerprint density at radius 2 is 2.06 bits per heavy atom. The predicted octanol–water partition coefficient (Wildman–Crippen LogP) is 1.54. The number of halogens is 1. The Morgan fingerprint density at radius 3 is 2.83 bits per heavy atom. The first-order chi connectivity index (χ1) is 8.51. The van der Waals surface area contributed by atoms with E-state index < -0.39 is 15.8 Å². The second-order valence-electron chi connectivity index (χ2n) is 4.06. The molecule has 0 radical (unpaired) electrons. The van der Waals surface area contributed by atoms with Crippen LogP contribution in [-0.2, 0) is 10.0 Å². The molecule has 1 aliphatic rings. The number of nitrogens with two attached hydrogens (primary N) is 1. The molecule has 0 atom stereocenters. The van der Waals surface area contributed by atoms with Crippen molar-refractivity contribution >= 4 is 27.5 Å². The summed E-state index contributed by atoms with van der Waals surface area (Å²) >= 11 is 1.71. The zero-order valence-electron chi connectivity index (χ0n) is 9.80. The first-order valence-electron chi connectivity index (χ1n) is 5.65. The third-order valence-electron chi connectivity index (χ3n) is 2.75. The van der Waals surface area contributed by atoms with E-state index in [0.29, 0.717) is 13.1 Å². The highest BCUT2D eigenvalue weighted by Gasteiger charge is 2.28. The molecule has 0 bridgehead atoms. The van der Waals surface area contributed by atoms with E-state index in [1.54, 1.807) is 11.8 Å². The van der Waals surface area contributed by atoms with Gasteiger partial charge in [0.05, 0.1) is 0 Å². The van der Waals surface area contributed by atoms with Gasteiger partial charge in [-0.15, -0.1) is 0 Å². The summed E-state index contributed by atoms with van der Waals surface area (Å²) in [6.07, 6.45) is 0.786. The molecule has 1 aromatic carbocycles. The summed E-state index contributed by atoms with van der Waals surface area (Å²) in [6, 6.07) is 3.63. The molecule has 4 nitrogen and oxygen atoms in total. The number of sulfonamides is 1. The zero-order valence-corrected chi connectivity index (χ0v) is 11.4. The minimum Gasteiger partial charge on any atom is -0.399 e. The molecule has 1 aromatic rings. The van der Waals surface area contributed by atoms with Gasteiger partial charge in [0.25, 0.3) is 0 Å². The number of nitrogen functional groups attached to an aromatic ring is 1. The van der Waals surface area contributed by atoms with Gasteiger partial charge in [-0.1, -0.05) is 0 Å². The van der Waals surface area contributed by atoms with Gasteiger partial charge in [0.15, 0.2) is 0 Å². The zero-order chi connectivity index (χ0) is 13.2. The molecule has 7 heteroatoms. The smallest absolute Gasteiger partial charge is 0.246 e. The van der Waals surface area contributed by atoms with Crippen LogP contribution in [-0.4, -0.2) is 37.3 Å².